The number of benzene rings is 2. The van der Waals surface area contributed by atoms with Gasteiger partial charge in [0.2, 0.25) is 0 Å². The van der Waals surface area contributed by atoms with Crippen molar-refractivity contribution in [2.45, 2.75) is 31.1 Å². The lowest BCUT2D eigenvalue weighted by atomic mass is 10.1. The summed E-state index contributed by atoms with van der Waals surface area (Å²) in [7, 11) is 0. The van der Waals surface area contributed by atoms with Crippen LogP contribution in [0.1, 0.15) is 26.2 Å². The van der Waals surface area contributed by atoms with Crippen LogP contribution >= 0.6 is 0 Å². The molecule has 2 rings (SSSR count). The Bertz CT molecular complexity index is 643. The molecule has 1 amide bonds. The second-order valence-corrected chi connectivity index (χ2v) is 7.19. The predicted molar refractivity (Wildman–Crippen MR) is 101 cm³/mol. The Morgan fingerprint density at radius 2 is 1.83 bits per heavy atom. The van der Waals surface area contributed by atoms with Crippen LogP contribution in [-0.2, 0) is 16.0 Å². The average Bonchev–Trinajstić information content (AvgIpc) is 2.60. The Kier molecular flexibility index (Phi) is 8.08. The molecular weight excluding hydrogens is 320 g/mol. The molecule has 2 aromatic rings. The zero-order chi connectivity index (χ0) is 17.2. The Morgan fingerprint density at radius 3 is 2.67 bits per heavy atom. The SMILES string of the molecule is CCCCCNCCNC(=O)C[S+]([O-])c1cccc2ccccc12. The Balaban J connectivity index is 1.77. The van der Waals surface area contributed by atoms with Crippen LogP contribution in [0.2, 0.25) is 0 Å². The van der Waals surface area contributed by atoms with Crippen LogP contribution in [0, 0.1) is 0 Å². The maximum Gasteiger partial charge on any atom is 0.270 e. The molecule has 0 aromatic heterocycles. The first kappa shape index (κ1) is 18.8. The molecule has 0 aliphatic carbocycles. The van der Waals surface area contributed by atoms with Crippen molar-refractivity contribution in [3.05, 3.63) is 42.5 Å². The quantitative estimate of drug-likeness (QED) is 0.514. The lowest BCUT2D eigenvalue weighted by Gasteiger charge is -2.13. The normalized spacial score (nSPS) is 12.2. The molecule has 0 aliphatic heterocycles. The molecule has 0 spiro atoms. The Morgan fingerprint density at radius 1 is 1.04 bits per heavy atom. The molecule has 1 atom stereocenters. The highest BCUT2D eigenvalue weighted by molar-refractivity contribution is 7.92. The fourth-order valence-corrected chi connectivity index (χ4v) is 3.71. The van der Waals surface area contributed by atoms with Gasteiger partial charge in [0, 0.05) is 18.5 Å². The molecule has 0 radical (unpaired) electrons. The first-order chi connectivity index (χ1) is 11.7. The van der Waals surface area contributed by atoms with Gasteiger partial charge >= 0.3 is 0 Å². The molecule has 0 fully saturated rings. The van der Waals surface area contributed by atoms with Crippen molar-refractivity contribution >= 4 is 27.9 Å². The van der Waals surface area contributed by atoms with Crippen LogP contribution < -0.4 is 10.6 Å². The maximum absolute atomic E-state index is 12.5. The third kappa shape index (κ3) is 5.82. The van der Waals surface area contributed by atoms with Gasteiger partial charge in [0.25, 0.3) is 5.91 Å². The van der Waals surface area contributed by atoms with Gasteiger partial charge < -0.3 is 15.2 Å². The minimum absolute atomic E-state index is 0.00381. The van der Waals surface area contributed by atoms with Gasteiger partial charge in [0.15, 0.2) is 10.6 Å². The highest BCUT2D eigenvalue weighted by Gasteiger charge is 2.18. The second kappa shape index (κ2) is 10.3. The number of hydrogen-bond acceptors (Lipinski definition) is 3. The van der Waals surface area contributed by atoms with Crippen molar-refractivity contribution in [3.8, 4) is 0 Å². The van der Waals surface area contributed by atoms with Crippen molar-refractivity contribution < 1.29 is 9.35 Å². The Hall–Kier alpha value is -1.56. The van der Waals surface area contributed by atoms with E-state index in [1.54, 1.807) is 0 Å². The van der Waals surface area contributed by atoms with Crippen LogP contribution in [0.25, 0.3) is 10.8 Å². The second-order valence-electron chi connectivity index (χ2n) is 5.77. The van der Waals surface area contributed by atoms with E-state index in [9.17, 15) is 9.35 Å². The van der Waals surface area contributed by atoms with Gasteiger partial charge in [0.05, 0.1) is 0 Å². The fourth-order valence-electron chi connectivity index (χ4n) is 2.56. The number of unbranched alkanes of at least 4 members (excludes halogenated alkanes) is 2. The van der Waals surface area contributed by atoms with Gasteiger partial charge in [-0.3, -0.25) is 4.79 Å². The monoisotopic (exact) mass is 346 g/mol. The summed E-state index contributed by atoms with van der Waals surface area (Å²) in [6.07, 6.45) is 3.59. The largest absolute Gasteiger partial charge is 0.611 e. The number of rotatable bonds is 10. The topological polar surface area (TPSA) is 64.2 Å². The van der Waals surface area contributed by atoms with E-state index in [1.807, 2.05) is 42.5 Å². The van der Waals surface area contributed by atoms with Gasteiger partial charge in [0.1, 0.15) is 0 Å². The first-order valence-corrected chi connectivity index (χ1v) is 9.88. The lowest BCUT2D eigenvalue weighted by Crippen LogP contribution is -2.35. The van der Waals surface area contributed by atoms with Crippen molar-refractivity contribution in [3.63, 3.8) is 0 Å². The molecule has 0 saturated heterocycles. The number of nitrogens with one attached hydrogen (secondary N) is 2. The van der Waals surface area contributed by atoms with Gasteiger partial charge in [-0.15, -0.1) is 0 Å². The summed E-state index contributed by atoms with van der Waals surface area (Å²) in [5.41, 5.74) is 0. The molecule has 0 aliphatic rings. The van der Waals surface area contributed by atoms with E-state index in [1.165, 1.54) is 12.8 Å². The van der Waals surface area contributed by atoms with Gasteiger partial charge in [-0.2, -0.15) is 0 Å². The van der Waals surface area contributed by atoms with E-state index in [0.29, 0.717) is 6.54 Å². The Labute approximate surface area is 147 Å². The van der Waals surface area contributed by atoms with Gasteiger partial charge in [-0.1, -0.05) is 50.1 Å². The summed E-state index contributed by atoms with van der Waals surface area (Å²) in [5, 5.41) is 8.11. The molecule has 130 valence electrons. The minimum atomic E-state index is -1.33. The molecule has 2 N–H and O–H groups in total. The molecule has 0 heterocycles. The summed E-state index contributed by atoms with van der Waals surface area (Å²) in [6, 6.07) is 13.5. The molecule has 1 unspecified atom stereocenters. The fraction of sp³-hybridized carbons (Fsp3) is 0.421. The highest BCUT2D eigenvalue weighted by Crippen LogP contribution is 2.23. The van der Waals surface area contributed by atoms with E-state index in [4.69, 9.17) is 0 Å². The van der Waals surface area contributed by atoms with E-state index in [-0.39, 0.29) is 11.7 Å². The average molecular weight is 346 g/mol. The van der Waals surface area contributed by atoms with Crippen molar-refractivity contribution in [1.29, 1.82) is 0 Å². The highest BCUT2D eigenvalue weighted by atomic mass is 32.2. The van der Waals surface area contributed by atoms with Crippen LogP contribution in [0.15, 0.2) is 47.4 Å². The van der Waals surface area contributed by atoms with Crippen LogP contribution in [-0.4, -0.2) is 35.8 Å². The van der Waals surface area contributed by atoms with E-state index < -0.39 is 11.2 Å². The van der Waals surface area contributed by atoms with Gasteiger partial charge in [-0.05, 0) is 41.7 Å². The van der Waals surface area contributed by atoms with Crippen molar-refractivity contribution in [2.24, 2.45) is 0 Å². The van der Waals surface area contributed by atoms with Gasteiger partial charge in [-0.25, -0.2) is 0 Å². The van der Waals surface area contributed by atoms with E-state index in [2.05, 4.69) is 17.6 Å². The zero-order valence-electron chi connectivity index (χ0n) is 14.2. The van der Waals surface area contributed by atoms with Crippen molar-refractivity contribution in [1.82, 2.24) is 10.6 Å². The zero-order valence-corrected chi connectivity index (χ0v) is 15.0. The van der Waals surface area contributed by atoms with Crippen LogP contribution in [0.5, 0.6) is 0 Å². The molecule has 0 saturated carbocycles. The van der Waals surface area contributed by atoms with Crippen LogP contribution in [0.4, 0.5) is 0 Å². The molecule has 4 nitrogen and oxygen atoms in total. The molecule has 5 heteroatoms. The first-order valence-electron chi connectivity index (χ1n) is 8.56. The van der Waals surface area contributed by atoms with E-state index >= 15 is 0 Å². The third-order valence-electron chi connectivity index (χ3n) is 3.84. The summed E-state index contributed by atoms with van der Waals surface area (Å²) in [6.45, 7) is 4.47. The minimum Gasteiger partial charge on any atom is -0.611 e. The maximum atomic E-state index is 12.5. The van der Waals surface area contributed by atoms with Crippen molar-refractivity contribution in [2.75, 3.05) is 25.4 Å². The number of fused-ring (bicyclic) bond motifs is 1. The number of hydrogen-bond donors (Lipinski definition) is 2. The molecule has 24 heavy (non-hydrogen) atoms. The van der Waals surface area contributed by atoms with Crippen LogP contribution in [0.3, 0.4) is 0 Å². The standard InChI is InChI=1S/C19H26N2O2S/c1-2-3-6-12-20-13-14-21-19(22)15-24(23)18-11-7-9-16-8-4-5-10-17(16)18/h4-5,7-11,20H,2-3,6,12-15H2,1H3,(H,21,22). The number of carbonyl (C=O) groups is 1. The summed E-state index contributed by atoms with van der Waals surface area (Å²) < 4.78 is 12.5. The summed E-state index contributed by atoms with van der Waals surface area (Å²) in [5.74, 6) is -0.166. The summed E-state index contributed by atoms with van der Waals surface area (Å²) >= 11 is -1.33. The summed E-state index contributed by atoms with van der Waals surface area (Å²) in [4.78, 5) is 12.7. The van der Waals surface area contributed by atoms with E-state index in [0.717, 1.165) is 35.2 Å². The smallest absolute Gasteiger partial charge is 0.270 e. The number of amides is 1. The predicted octanol–water partition coefficient (Wildman–Crippen LogP) is 2.84. The molecular formula is C19H26N2O2S. The molecule has 0 bridgehead atoms. The number of carbonyl (C=O) groups excluding carboxylic acids is 1. The molecule has 2 aromatic carbocycles. The third-order valence-corrected chi connectivity index (χ3v) is 5.21. The lowest BCUT2D eigenvalue weighted by molar-refractivity contribution is -0.118.